The van der Waals surface area contributed by atoms with Crippen LogP contribution in [0.1, 0.15) is 23.2 Å². The van der Waals surface area contributed by atoms with E-state index < -0.39 is 0 Å². The van der Waals surface area contributed by atoms with Crippen LogP contribution in [0, 0.1) is 5.92 Å². The second-order valence-electron chi connectivity index (χ2n) is 7.02. The average molecular weight is 409 g/mol. The topological polar surface area (TPSA) is 81.3 Å². The van der Waals surface area contributed by atoms with Gasteiger partial charge in [0.25, 0.3) is 0 Å². The molecule has 2 heterocycles. The fraction of sp³-hybridized carbons (Fsp3) is 0.227. The van der Waals surface area contributed by atoms with Crippen molar-refractivity contribution in [2.75, 3.05) is 23.7 Å². The van der Waals surface area contributed by atoms with Crippen LogP contribution in [0.15, 0.2) is 60.7 Å². The van der Waals surface area contributed by atoms with Crippen molar-refractivity contribution in [1.82, 2.24) is 10.2 Å². The highest BCUT2D eigenvalue weighted by Crippen LogP contribution is 2.27. The van der Waals surface area contributed by atoms with Crippen LogP contribution in [-0.4, -0.2) is 29.1 Å². The second-order valence-corrected chi connectivity index (χ2v) is 7.46. The molecule has 0 bridgehead atoms. The summed E-state index contributed by atoms with van der Waals surface area (Å²) in [6, 6.07) is 18.1. The van der Waals surface area contributed by atoms with Crippen LogP contribution < -0.4 is 15.4 Å². The third kappa shape index (κ3) is 4.66. The largest absolute Gasteiger partial charge is 0.457 e. The minimum absolute atomic E-state index is 0.0102. The van der Waals surface area contributed by atoms with Crippen LogP contribution in [0.5, 0.6) is 11.5 Å². The van der Waals surface area contributed by atoms with E-state index >= 15 is 0 Å². The number of rotatable bonds is 5. The Kier molecular flexibility index (Phi) is 5.62. The van der Waals surface area contributed by atoms with Gasteiger partial charge >= 0.3 is 0 Å². The van der Waals surface area contributed by atoms with Gasteiger partial charge in [-0.1, -0.05) is 11.6 Å². The van der Waals surface area contributed by atoms with Gasteiger partial charge in [0, 0.05) is 29.6 Å². The third-order valence-electron chi connectivity index (χ3n) is 5.05. The van der Waals surface area contributed by atoms with Gasteiger partial charge in [-0.05, 0) is 73.5 Å². The van der Waals surface area contributed by atoms with Crippen LogP contribution >= 0.6 is 11.6 Å². The van der Waals surface area contributed by atoms with E-state index in [1.54, 1.807) is 30.3 Å². The van der Waals surface area contributed by atoms with Gasteiger partial charge in [0.2, 0.25) is 0 Å². The number of carbonyl (C=O) groups excluding carboxylic acids is 1. The number of ketones is 1. The molecule has 1 aromatic heterocycles. The summed E-state index contributed by atoms with van der Waals surface area (Å²) in [6.07, 6.45) is 1.57. The van der Waals surface area contributed by atoms with Crippen LogP contribution in [0.3, 0.4) is 0 Å². The highest BCUT2D eigenvalue weighted by molar-refractivity contribution is 6.30. The predicted octanol–water partition coefficient (Wildman–Crippen LogP) is 4.60. The van der Waals surface area contributed by atoms with Crippen molar-refractivity contribution in [2.45, 2.75) is 12.8 Å². The quantitative estimate of drug-likeness (QED) is 0.621. The molecular formula is C22H21ClN4O2. The maximum Gasteiger partial charge on any atom is 0.166 e. The van der Waals surface area contributed by atoms with Crippen molar-refractivity contribution in [1.29, 1.82) is 0 Å². The third-order valence-corrected chi connectivity index (χ3v) is 5.30. The maximum atomic E-state index is 12.9. The van der Waals surface area contributed by atoms with E-state index in [9.17, 15) is 4.79 Å². The molecule has 7 heteroatoms. The van der Waals surface area contributed by atoms with Crippen LogP contribution in [0.25, 0.3) is 0 Å². The number of halogens is 1. The first kappa shape index (κ1) is 19.2. The van der Waals surface area contributed by atoms with E-state index in [1.165, 1.54) is 0 Å². The number of nitrogens with zero attached hydrogens (tertiary/aromatic N) is 3. The smallest absolute Gasteiger partial charge is 0.166 e. The zero-order valence-corrected chi connectivity index (χ0v) is 16.5. The second kappa shape index (κ2) is 8.49. The number of anilines is 2. The van der Waals surface area contributed by atoms with Crippen molar-refractivity contribution in [3.05, 3.63) is 71.2 Å². The summed E-state index contributed by atoms with van der Waals surface area (Å²) in [6.45, 7) is 1.54. The summed E-state index contributed by atoms with van der Waals surface area (Å²) in [5.74, 6) is 2.77. The molecule has 4 rings (SSSR count). The molecule has 1 fully saturated rings. The molecule has 2 N–H and O–H groups in total. The lowest BCUT2D eigenvalue weighted by molar-refractivity contribution is 0.0900. The number of nitrogen functional groups attached to an aromatic ring is 1. The van der Waals surface area contributed by atoms with Crippen LogP contribution in [0.4, 0.5) is 11.6 Å². The van der Waals surface area contributed by atoms with Gasteiger partial charge in [-0.3, -0.25) is 4.79 Å². The molecule has 0 amide bonds. The number of hydrogen-bond donors (Lipinski definition) is 1. The SMILES string of the molecule is Nc1ccc(N2CCC(C(=O)c3ccc(Oc4ccc(Cl)cc4)cc3)CC2)nn1. The number of piperidine rings is 1. The lowest BCUT2D eigenvalue weighted by atomic mass is 9.89. The monoisotopic (exact) mass is 408 g/mol. The highest BCUT2D eigenvalue weighted by atomic mass is 35.5. The zero-order chi connectivity index (χ0) is 20.2. The number of carbonyl (C=O) groups is 1. The fourth-order valence-electron chi connectivity index (χ4n) is 3.44. The Labute approximate surface area is 174 Å². The molecule has 148 valence electrons. The van der Waals surface area contributed by atoms with Crippen molar-refractivity contribution in [3.8, 4) is 11.5 Å². The lowest BCUT2D eigenvalue weighted by Crippen LogP contribution is -2.37. The first-order valence-electron chi connectivity index (χ1n) is 9.50. The van der Waals surface area contributed by atoms with Gasteiger partial charge < -0.3 is 15.4 Å². The Hall–Kier alpha value is -3.12. The summed E-state index contributed by atoms with van der Waals surface area (Å²) in [5.41, 5.74) is 6.30. The van der Waals surface area contributed by atoms with E-state index in [4.69, 9.17) is 22.1 Å². The molecule has 0 atom stereocenters. The van der Waals surface area contributed by atoms with Gasteiger partial charge in [-0.15, -0.1) is 10.2 Å². The predicted molar refractivity (Wildman–Crippen MR) is 114 cm³/mol. The summed E-state index contributed by atoms with van der Waals surface area (Å²) >= 11 is 5.89. The highest BCUT2D eigenvalue weighted by Gasteiger charge is 2.26. The van der Waals surface area contributed by atoms with Crippen molar-refractivity contribution < 1.29 is 9.53 Å². The number of hydrogen-bond acceptors (Lipinski definition) is 6. The van der Waals surface area contributed by atoms with E-state index in [2.05, 4.69) is 15.1 Å². The standard InChI is InChI=1S/C22H21ClN4O2/c23-17-3-7-19(8-4-17)29-18-5-1-15(2-6-18)22(28)16-11-13-27(14-12-16)21-10-9-20(24)25-26-21/h1-10,16H,11-14H2,(H2,24,25). The van der Waals surface area contributed by atoms with Gasteiger partial charge in [0.15, 0.2) is 11.6 Å². The lowest BCUT2D eigenvalue weighted by Gasteiger charge is -2.31. The molecule has 0 aliphatic carbocycles. The normalized spacial score (nSPS) is 14.6. The molecule has 6 nitrogen and oxygen atoms in total. The summed E-state index contributed by atoms with van der Waals surface area (Å²) in [5, 5.41) is 8.68. The number of nitrogens with two attached hydrogens (primary N) is 1. The Bertz CT molecular complexity index is 967. The van der Waals surface area contributed by atoms with Crippen LogP contribution in [0.2, 0.25) is 5.02 Å². The molecule has 2 aromatic carbocycles. The first-order valence-corrected chi connectivity index (χ1v) is 9.88. The molecule has 0 unspecified atom stereocenters. The van der Waals surface area contributed by atoms with E-state index in [1.807, 2.05) is 30.3 Å². The Morgan fingerprint density at radius 1 is 0.931 bits per heavy atom. The minimum atomic E-state index is 0.0102. The molecule has 1 aliphatic heterocycles. The fourth-order valence-corrected chi connectivity index (χ4v) is 3.56. The molecule has 0 spiro atoms. The van der Waals surface area contributed by atoms with Crippen molar-refractivity contribution >= 4 is 29.0 Å². The zero-order valence-electron chi connectivity index (χ0n) is 15.8. The average Bonchev–Trinajstić information content (AvgIpc) is 2.76. The van der Waals surface area contributed by atoms with Crippen molar-refractivity contribution in [3.63, 3.8) is 0 Å². The van der Waals surface area contributed by atoms with Gasteiger partial charge in [-0.2, -0.15) is 0 Å². The van der Waals surface area contributed by atoms with Gasteiger partial charge in [-0.25, -0.2) is 0 Å². The first-order chi connectivity index (χ1) is 14.1. The summed E-state index contributed by atoms with van der Waals surface area (Å²) in [4.78, 5) is 15.0. The Balaban J connectivity index is 1.35. The molecule has 1 saturated heterocycles. The Morgan fingerprint density at radius 3 is 2.14 bits per heavy atom. The maximum absolute atomic E-state index is 12.9. The molecule has 0 saturated carbocycles. The summed E-state index contributed by atoms with van der Waals surface area (Å²) < 4.78 is 5.79. The molecule has 0 radical (unpaired) electrons. The molecule has 29 heavy (non-hydrogen) atoms. The number of ether oxygens (including phenoxy) is 1. The molecule has 3 aromatic rings. The van der Waals surface area contributed by atoms with Crippen molar-refractivity contribution in [2.24, 2.45) is 5.92 Å². The van der Waals surface area contributed by atoms with Gasteiger partial charge in [0.1, 0.15) is 17.3 Å². The van der Waals surface area contributed by atoms with Gasteiger partial charge in [0.05, 0.1) is 0 Å². The van der Waals surface area contributed by atoms with E-state index in [0.717, 1.165) is 31.7 Å². The number of aromatic nitrogens is 2. The van der Waals surface area contributed by atoms with E-state index in [0.29, 0.717) is 27.9 Å². The number of benzene rings is 2. The Morgan fingerprint density at radius 2 is 1.55 bits per heavy atom. The summed E-state index contributed by atoms with van der Waals surface area (Å²) in [7, 11) is 0. The van der Waals surface area contributed by atoms with Crippen LogP contribution in [-0.2, 0) is 0 Å². The number of Topliss-reactive ketones (excluding diaryl/α,β-unsaturated/α-hetero) is 1. The molecular weight excluding hydrogens is 388 g/mol. The van der Waals surface area contributed by atoms with E-state index in [-0.39, 0.29) is 11.7 Å². The molecule has 1 aliphatic rings. The minimum Gasteiger partial charge on any atom is -0.457 e.